The SMILES string of the molecule is COCCOCOc1cnc(C)nc1C(C)(C)C. The highest BCUT2D eigenvalue weighted by Crippen LogP contribution is 2.28. The number of rotatable bonds is 6. The van der Waals surface area contributed by atoms with Crippen LogP contribution >= 0.6 is 0 Å². The first-order chi connectivity index (χ1) is 8.45. The van der Waals surface area contributed by atoms with Crippen LogP contribution in [0.15, 0.2) is 6.20 Å². The van der Waals surface area contributed by atoms with Crippen molar-refractivity contribution < 1.29 is 14.2 Å². The fraction of sp³-hybridized carbons (Fsp3) is 0.692. The maximum atomic E-state index is 5.56. The van der Waals surface area contributed by atoms with Gasteiger partial charge in [0.15, 0.2) is 12.5 Å². The zero-order valence-corrected chi connectivity index (χ0v) is 11.8. The molecule has 0 saturated heterocycles. The van der Waals surface area contributed by atoms with Crippen molar-refractivity contribution in [1.29, 1.82) is 0 Å². The van der Waals surface area contributed by atoms with E-state index in [1.165, 1.54) is 0 Å². The fourth-order valence-electron chi connectivity index (χ4n) is 1.41. The monoisotopic (exact) mass is 254 g/mol. The van der Waals surface area contributed by atoms with E-state index < -0.39 is 0 Å². The summed E-state index contributed by atoms with van der Waals surface area (Å²) in [5.41, 5.74) is 0.806. The summed E-state index contributed by atoms with van der Waals surface area (Å²) in [6.45, 7) is 9.38. The first-order valence-corrected chi connectivity index (χ1v) is 5.98. The smallest absolute Gasteiger partial charge is 0.189 e. The van der Waals surface area contributed by atoms with Crippen LogP contribution in [0.25, 0.3) is 0 Å². The number of aromatic nitrogens is 2. The van der Waals surface area contributed by atoms with Crippen molar-refractivity contribution in [1.82, 2.24) is 9.97 Å². The van der Waals surface area contributed by atoms with E-state index in [1.807, 2.05) is 6.92 Å². The third kappa shape index (κ3) is 4.58. The van der Waals surface area contributed by atoms with Gasteiger partial charge in [0.2, 0.25) is 0 Å². The van der Waals surface area contributed by atoms with Gasteiger partial charge in [-0.05, 0) is 6.92 Å². The van der Waals surface area contributed by atoms with Gasteiger partial charge in [0.25, 0.3) is 0 Å². The summed E-state index contributed by atoms with van der Waals surface area (Å²) in [7, 11) is 1.63. The molecule has 1 aromatic heterocycles. The molecule has 0 aliphatic heterocycles. The van der Waals surface area contributed by atoms with Crippen LogP contribution in [-0.2, 0) is 14.9 Å². The van der Waals surface area contributed by atoms with Gasteiger partial charge in [0.1, 0.15) is 5.82 Å². The molecule has 0 aliphatic rings. The lowest BCUT2D eigenvalue weighted by atomic mass is 9.91. The second kappa shape index (κ2) is 6.66. The molecule has 0 fully saturated rings. The lowest BCUT2D eigenvalue weighted by molar-refractivity contribution is -0.00961. The van der Waals surface area contributed by atoms with Gasteiger partial charge < -0.3 is 14.2 Å². The second-order valence-electron chi connectivity index (χ2n) is 5.04. The lowest BCUT2D eigenvalue weighted by Crippen LogP contribution is -2.18. The van der Waals surface area contributed by atoms with Gasteiger partial charge in [0, 0.05) is 12.5 Å². The van der Waals surface area contributed by atoms with E-state index in [9.17, 15) is 0 Å². The molecule has 1 aromatic rings. The van der Waals surface area contributed by atoms with Crippen molar-refractivity contribution in [2.24, 2.45) is 0 Å². The molecule has 5 nitrogen and oxygen atoms in total. The van der Waals surface area contributed by atoms with Crippen LogP contribution in [0.2, 0.25) is 0 Å². The van der Waals surface area contributed by atoms with Gasteiger partial charge >= 0.3 is 0 Å². The zero-order valence-electron chi connectivity index (χ0n) is 11.8. The summed E-state index contributed by atoms with van der Waals surface area (Å²) in [4.78, 5) is 8.60. The average Bonchev–Trinajstić information content (AvgIpc) is 2.29. The van der Waals surface area contributed by atoms with Crippen molar-refractivity contribution in [3.8, 4) is 5.75 Å². The number of hydrogen-bond acceptors (Lipinski definition) is 5. The minimum absolute atomic E-state index is 0.0877. The molecular weight excluding hydrogens is 232 g/mol. The Morgan fingerprint density at radius 2 is 1.94 bits per heavy atom. The zero-order chi connectivity index (χ0) is 13.6. The molecule has 0 atom stereocenters. The largest absolute Gasteiger partial charge is 0.464 e. The van der Waals surface area contributed by atoms with Gasteiger partial charge in [-0.15, -0.1) is 0 Å². The lowest BCUT2D eigenvalue weighted by Gasteiger charge is -2.21. The normalized spacial score (nSPS) is 11.6. The minimum Gasteiger partial charge on any atom is -0.464 e. The van der Waals surface area contributed by atoms with E-state index in [2.05, 4.69) is 30.7 Å². The Balaban J connectivity index is 2.65. The van der Waals surface area contributed by atoms with E-state index >= 15 is 0 Å². The maximum absolute atomic E-state index is 5.56. The number of methoxy groups -OCH3 is 1. The molecular formula is C13H22N2O3. The Bertz CT molecular complexity index is 375. The van der Waals surface area contributed by atoms with Gasteiger partial charge in [-0.1, -0.05) is 20.8 Å². The molecule has 0 saturated carbocycles. The topological polar surface area (TPSA) is 53.5 Å². The predicted octanol–water partition coefficient (Wildman–Crippen LogP) is 2.08. The van der Waals surface area contributed by atoms with Crippen LogP contribution in [0.5, 0.6) is 5.75 Å². The molecule has 5 heteroatoms. The molecule has 0 aliphatic carbocycles. The second-order valence-corrected chi connectivity index (χ2v) is 5.04. The summed E-state index contributed by atoms with van der Waals surface area (Å²) in [5.74, 6) is 1.41. The van der Waals surface area contributed by atoms with Crippen molar-refractivity contribution in [3.05, 3.63) is 17.7 Å². The van der Waals surface area contributed by atoms with Crippen molar-refractivity contribution >= 4 is 0 Å². The standard InChI is InChI=1S/C13H22N2O3/c1-10-14-8-11(12(15-10)13(2,3)4)18-9-17-7-6-16-5/h8H,6-7,9H2,1-5H3. The Morgan fingerprint density at radius 1 is 1.22 bits per heavy atom. The first kappa shape index (κ1) is 14.9. The summed E-state index contributed by atoms with van der Waals surface area (Å²) in [5, 5.41) is 0. The molecule has 0 bridgehead atoms. The van der Waals surface area contributed by atoms with Crippen LogP contribution in [0.3, 0.4) is 0 Å². The molecule has 0 unspecified atom stereocenters. The number of nitrogens with zero attached hydrogens (tertiary/aromatic N) is 2. The van der Waals surface area contributed by atoms with E-state index in [1.54, 1.807) is 13.3 Å². The summed E-state index contributed by atoms with van der Waals surface area (Å²) >= 11 is 0. The van der Waals surface area contributed by atoms with Crippen LogP contribution < -0.4 is 4.74 Å². The van der Waals surface area contributed by atoms with Gasteiger partial charge in [0.05, 0.1) is 25.1 Å². The highest BCUT2D eigenvalue weighted by Gasteiger charge is 2.21. The molecule has 0 amide bonds. The van der Waals surface area contributed by atoms with Crippen LogP contribution in [-0.4, -0.2) is 37.1 Å². The molecule has 18 heavy (non-hydrogen) atoms. The van der Waals surface area contributed by atoms with E-state index in [4.69, 9.17) is 14.2 Å². The fourth-order valence-corrected chi connectivity index (χ4v) is 1.41. The Labute approximate surface area is 108 Å². The molecule has 0 radical (unpaired) electrons. The Hall–Kier alpha value is -1.20. The molecule has 0 N–H and O–H groups in total. The highest BCUT2D eigenvalue weighted by atomic mass is 16.7. The quantitative estimate of drug-likeness (QED) is 0.574. The summed E-state index contributed by atoms with van der Waals surface area (Å²) < 4.78 is 15.7. The average molecular weight is 254 g/mol. The van der Waals surface area contributed by atoms with Crippen molar-refractivity contribution in [3.63, 3.8) is 0 Å². The third-order valence-electron chi connectivity index (χ3n) is 2.32. The number of ether oxygens (including phenoxy) is 3. The number of hydrogen-bond donors (Lipinski definition) is 0. The molecule has 102 valence electrons. The molecule has 1 rings (SSSR count). The summed E-state index contributed by atoms with van der Waals surface area (Å²) in [6.07, 6.45) is 1.70. The van der Waals surface area contributed by atoms with Gasteiger partial charge in [-0.3, -0.25) is 0 Å². The third-order valence-corrected chi connectivity index (χ3v) is 2.32. The predicted molar refractivity (Wildman–Crippen MR) is 68.8 cm³/mol. The first-order valence-electron chi connectivity index (χ1n) is 5.98. The molecule has 0 aromatic carbocycles. The van der Waals surface area contributed by atoms with E-state index in [-0.39, 0.29) is 12.2 Å². The summed E-state index contributed by atoms with van der Waals surface area (Å²) in [6, 6.07) is 0. The van der Waals surface area contributed by atoms with E-state index in [0.29, 0.717) is 19.0 Å². The van der Waals surface area contributed by atoms with Crippen molar-refractivity contribution in [2.75, 3.05) is 27.1 Å². The van der Waals surface area contributed by atoms with Crippen LogP contribution in [0.4, 0.5) is 0 Å². The van der Waals surface area contributed by atoms with E-state index in [0.717, 1.165) is 11.5 Å². The highest BCUT2D eigenvalue weighted by molar-refractivity contribution is 5.30. The Morgan fingerprint density at radius 3 is 2.56 bits per heavy atom. The molecule has 1 heterocycles. The molecule has 0 spiro atoms. The Kier molecular flexibility index (Phi) is 5.50. The minimum atomic E-state index is -0.0877. The van der Waals surface area contributed by atoms with Gasteiger partial charge in [-0.25, -0.2) is 9.97 Å². The maximum Gasteiger partial charge on any atom is 0.189 e. The van der Waals surface area contributed by atoms with Gasteiger partial charge in [-0.2, -0.15) is 0 Å². The number of aryl methyl sites for hydroxylation is 1. The van der Waals surface area contributed by atoms with Crippen LogP contribution in [0, 0.1) is 6.92 Å². The van der Waals surface area contributed by atoms with Crippen LogP contribution in [0.1, 0.15) is 32.3 Å². The van der Waals surface area contributed by atoms with Crippen molar-refractivity contribution in [2.45, 2.75) is 33.1 Å².